The molecule has 90 valence electrons. The third kappa shape index (κ3) is 1.93. The van der Waals surface area contributed by atoms with E-state index in [1.165, 1.54) is 17.6 Å². The number of amides is 1. The molecule has 0 aliphatic carbocycles. The number of nitrogens with two attached hydrogens (primary N) is 1. The summed E-state index contributed by atoms with van der Waals surface area (Å²) in [6.07, 6.45) is 1.46. The van der Waals surface area contributed by atoms with Gasteiger partial charge in [-0.25, -0.2) is 4.98 Å². The number of rotatable bonds is 2. The Hall–Kier alpha value is -2.34. The minimum absolute atomic E-state index is 0.271. The monoisotopic (exact) mass is 259 g/mol. The van der Waals surface area contributed by atoms with Crippen molar-refractivity contribution in [3.63, 3.8) is 0 Å². The number of anilines is 2. The molecular formula is C12H9N3O2S. The van der Waals surface area contributed by atoms with Gasteiger partial charge in [-0.2, -0.15) is 0 Å². The zero-order valence-electron chi connectivity index (χ0n) is 9.21. The maximum Gasteiger partial charge on any atom is 0.291 e. The third-order valence-corrected chi connectivity index (χ3v) is 3.27. The lowest BCUT2D eigenvalue weighted by molar-refractivity contribution is 0.0996. The first-order valence-electron chi connectivity index (χ1n) is 5.23. The van der Waals surface area contributed by atoms with Gasteiger partial charge >= 0.3 is 0 Å². The summed E-state index contributed by atoms with van der Waals surface area (Å²) < 4.78 is 6.00. The highest BCUT2D eigenvalue weighted by Crippen LogP contribution is 2.26. The molecule has 0 spiro atoms. The fraction of sp³-hybridized carbons (Fsp3) is 0. The molecule has 0 unspecified atom stereocenters. The van der Waals surface area contributed by atoms with Gasteiger partial charge in [0.2, 0.25) is 0 Å². The second-order valence-electron chi connectivity index (χ2n) is 3.67. The van der Waals surface area contributed by atoms with E-state index in [4.69, 9.17) is 10.2 Å². The van der Waals surface area contributed by atoms with Crippen LogP contribution in [-0.4, -0.2) is 10.9 Å². The van der Waals surface area contributed by atoms with Crippen LogP contribution in [0.5, 0.6) is 0 Å². The SMILES string of the molecule is Nc1nc2cc(NC(=O)c3ccco3)ccc2s1. The van der Waals surface area contributed by atoms with Crippen molar-refractivity contribution in [3.05, 3.63) is 42.4 Å². The predicted molar refractivity (Wildman–Crippen MR) is 70.7 cm³/mol. The molecule has 5 nitrogen and oxygen atoms in total. The average molecular weight is 259 g/mol. The summed E-state index contributed by atoms with van der Waals surface area (Å²) in [4.78, 5) is 15.9. The average Bonchev–Trinajstić information content (AvgIpc) is 2.95. The third-order valence-electron chi connectivity index (χ3n) is 2.41. The lowest BCUT2D eigenvalue weighted by atomic mass is 10.3. The fourth-order valence-corrected chi connectivity index (χ4v) is 2.34. The Morgan fingerprint density at radius 2 is 2.28 bits per heavy atom. The van der Waals surface area contributed by atoms with Crippen molar-refractivity contribution in [3.8, 4) is 0 Å². The van der Waals surface area contributed by atoms with Crippen LogP contribution >= 0.6 is 11.3 Å². The Morgan fingerprint density at radius 3 is 3.06 bits per heavy atom. The number of nitrogens with one attached hydrogen (secondary N) is 1. The van der Waals surface area contributed by atoms with Gasteiger partial charge in [0.1, 0.15) is 0 Å². The molecule has 0 aliphatic heterocycles. The van der Waals surface area contributed by atoms with E-state index in [2.05, 4.69) is 10.3 Å². The number of furan rings is 1. The van der Waals surface area contributed by atoms with Crippen LogP contribution in [0.15, 0.2) is 41.0 Å². The molecule has 2 heterocycles. The summed E-state index contributed by atoms with van der Waals surface area (Å²) in [6.45, 7) is 0. The molecule has 0 aliphatic rings. The molecule has 3 aromatic rings. The number of nitrogen functional groups attached to an aromatic ring is 1. The highest BCUT2D eigenvalue weighted by molar-refractivity contribution is 7.22. The van der Waals surface area contributed by atoms with E-state index in [-0.39, 0.29) is 11.7 Å². The molecule has 2 aromatic heterocycles. The number of aromatic nitrogens is 1. The number of hydrogen-bond donors (Lipinski definition) is 2. The largest absolute Gasteiger partial charge is 0.459 e. The minimum Gasteiger partial charge on any atom is -0.459 e. The Bertz CT molecular complexity index is 703. The van der Waals surface area contributed by atoms with Crippen molar-refractivity contribution < 1.29 is 9.21 Å². The smallest absolute Gasteiger partial charge is 0.291 e. The van der Waals surface area contributed by atoms with Crippen molar-refractivity contribution in [2.24, 2.45) is 0 Å². The topological polar surface area (TPSA) is 81.1 Å². The Labute approximate surface area is 106 Å². The molecule has 18 heavy (non-hydrogen) atoms. The summed E-state index contributed by atoms with van der Waals surface area (Å²) >= 11 is 1.41. The first-order chi connectivity index (χ1) is 8.72. The van der Waals surface area contributed by atoms with Gasteiger partial charge in [0.25, 0.3) is 5.91 Å². The highest BCUT2D eigenvalue weighted by atomic mass is 32.1. The number of carbonyl (C=O) groups excluding carboxylic acids is 1. The van der Waals surface area contributed by atoms with Crippen LogP contribution in [0.25, 0.3) is 10.2 Å². The van der Waals surface area contributed by atoms with E-state index in [9.17, 15) is 4.79 Å². The van der Waals surface area contributed by atoms with Gasteiger partial charge in [-0.15, -0.1) is 0 Å². The Kier molecular flexibility index (Phi) is 2.49. The van der Waals surface area contributed by atoms with E-state index >= 15 is 0 Å². The van der Waals surface area contributed by atoms with Crippen LogP contribution in [0.1, 0.15) is 10.6 Å². The van der Waals surface area contributed by atoms with Crippen LogP contribution in [0.3, 0.4) is 0 Å². The van der Waals surface area contributed by atoms with E-state index < -0.39 is 0 Å². The van der Waals surface area contributed by atoms with Crippen molar-refractivity contribution >= 4 is 38.3 Å². The van der Waals surface area contributed by atoms with Gasteiger partial charge < -0.3 is 15.5 Å². The number of benzene rings is 1. The second-order valence-corrected chi connectivity index (χ2v) is 4.73. The van der Waals surface area contributed by atoms with Gasteiger partial charge in [-0.1, -0.05) is 11.3 Å². The van der Waals surface area contributed by atoms with E-state index in [0.717, 1.165) is 10.2 Å². The van der Waals surface area contributed by atoms with E-state index in [0.29, 0.717) is 10.8 Å². The minimum atomic E-state index is -0.289. The quantitative estimate of drug-likeness (QED) is 0.741. The lowest BCUT2D eigenvalue weighted by Crippen LogP contribution is -2.10. The molecule has 3 N–H and O–H groups in total. The van der Waals surface area contributed by atoms with Gasteiger partial charge in [0, 0.05) is 5.69 Å². The zero-order valence-corrected chi connectivity index (χ0v) is 10.0. The number of carbonyl (C=O) groups is 1. The molecule has 0 saturated carbocycles. The van der Waals surface area contributed by atoms with Crippen molar-refractivity contribution in [2.75, 3.05) is 11.1 Å². The normalized spacial score (nSPS) is 10.7. The number of hydrogen-bond acceptors (Lipinski definition) is 5. The molecule has 3 rings (SSSR count). The maximum atomic E-state index is 11.8. The molecule has 0 atom stereocenters. The summed E-state index contributed by atoms with van der Waals surface area (Å²) in [5.41, 5.74) is 7.06. The number of fused-ring (bicyclic) bond motifs is 1. The van der Waals surface area contributed by atoms with Crippen LogP contribution < -0.4 is 11.1 Å². The molecule has 0 radical (unpaired) electrons. The van der Waals surface area contributed by atoms with Crippen LogP contribution in [0.2, 0.25) is 0 Å². The zero-order chi connectivity index (χ0) is 12.5. The molecule has 1 aromatic carbocycles. The van der Waals surface area contributed by atoms with Crippen LogP contribution in [0.4, 0.5) is 10.8 Å². The molecule has 0 bridgehead atoms. The lowest BCUT2D eigenvalue weighted by Gasteiger charge is -2.02. The van der Waals surface area contributed by atoms with Crippen molar-refractivity contribution in [1.82, 2.24) is 4.98 Å². The van der Waals surface area contributed by atoms with Crippen molar-refractivity contribution in [2.45, 2.75) is 0 Å². The Morgan fingerprint density at radius 1 is 1.39 bits per heavy atom. The summed E-state index contributed by atoms with van der Waals surface area (Å²) in [5.74, 6) is -0.0181. The van der Waals surface area contributed by atoms with Crippen LogP contribution in [-0.2, 0) is 0 Å². The Balaban J connectivity index is 1.88. The molecule has 1 amide bonds. The standard InChI is InChI=1S/C12H9N3O2S/c13-12-15-8-6-7(3-4-10(8)18-12)14-11(16)9-2-1-5-17-9/h1-6H,(H2,13,15)(H,14,16). The van der Waals surface area contributed by atoms with Gasteiger partial charge in [-0.3, -0.25) is 4.79 Å². The fourth-order valence-electron chi connectivity index (χ4n) is 1.62. The first kappa shape index (κ1) is 10.8. The second kappa shape index (κ2) is 4.15. The first-order valence-corrected chi connectivity index (χ1v) is 6.05. The molecule has 6 heteroatoms. The maximum absolute atomic E-state index is 11.8. The van der Waals surface area contributed by atoms with Gasteiger partial charge in [0.15, 0.2) is 10.9 Å². The van der Waals surface area contributed by atoms with Gasteiger partial charge in [-0.05, 0) is 30.3 Å². The number of nitrogens with zero attached hydrogens (tertiary/aromatic N) is 1. The van der Waals surface area contributed by atoms with E-state index in [1.807, 2.05) is 6.07 Å². The predicted octanol–water partition coefficient (Wildman–Crippen LogP) is 2.72. The number of thiazole rings is 1. The van der Waals surface area contributed by atoms with E-state index in [1.54, 1.807) is 24.3 Å². The summed E-state index contributed by atoms with van der Waals surface area (Å²) in [6, 6.07) is 8.73. The molecule has 0 saturated heterocycles. The molecular weight excluding hydrogens is 250 g/mol. The summed E-state index contributed by atoms with van der Waals surface area (Å²) in [5, 5.41) is 3.25. The van der Waals surface area contributed by atoms with Crippen molar-refractivity contribution in [1.29, 1.82) is 0 Å². The highest BCUT2D eigenvalue weighted by Gasteiger charge is 2.09. The summed E-state index contributed by atoms with van der Waals surface area (Å²) in [7, 11) is 0. The van der Waals surface area contributed by atoms with Gasteiger partial charge in [0.05, 0.1) is 16.5 Å². The molecule has 0 fully saturated rings. The van der Waals surface area contributed by atoms with Crippen LogP contribution in [0, 0.1) is 0 Å².